The van der Waals surface area contributed by atoms with Crippen LogP contribution in [0.1, 0.15) is 22.3 Å². The van der Waals surface area contributed by atoms with Crippen molar-refractivity contribution in [2.45, 2.75) is 19.4 Å². The van der Waals surface area contributed by atoms with Crippen molar-refractivity contribution in [1.29, 1.82) is 0 Å². The Balaban J connectivity index is 2.56. The number of carbonyl (C=O) groups is 1. The normalized spacial score (nSPS) is 12.0. The summed E-state index contributed by atoms with van der Waals surface area (Å²) in [6.07, 6.45) is 0.674. The van der Waals surface area contributed by atoms with Gasteiger partial charge in [-0.3, -0.25) is 4.79 Å². The van der Waals surface area contributed by atoms with Crippen LogP contribution >= 0.6 is 0 Å². The molecule has 0 aliphatic carbocycles. The molecule has 19 heavy (non-hydrogen) atoms. The third kappa shape index (κ3) is 4.89. The maximum absolute atomic E-state index is 12.1. The molecule has 5 nitrogen and oxygen atoms in total. The molecule has 1 amide bonds. The molecule has 5 heteroatoms. The number of methoxy groups -OCH3 is 2. The van der Waals surface area contributed by atoms with Crippen molar-refractivity contribution in [1.82, 2.24) is 5.32 Å². The highest BCUT2D eigenvalue weighted by Crippen LogP contribution is 2.19. The molecule has 0 fully saturated rings. The molecule has 1 aromatic carbocycles. The summed E-state index contributed by atoms with van der Waals surface area (Å²) in [5.41, 5.74) is 7.35. The summed E-state index contributed by atoms with van der Waals surface area (Å²) in [7, 11) is 3.16. The molecule has 0 spiro atoms. The lowest BCUT2D eigenvalue weighted by Crippen LogP contribution is -2.33. The van der Waals surface area contributed by atoms with Crippen molar-refractivity contribution in [2.75, 3.05) is 27.4 Å². The van der Waals surface area contributed by atoms with E-state index in [-0.39, 0.29) is 11.9 Å². The summed E-state index contributed by atoms with van der Waals surface area (Å²) in [5, 5.41) is 2.84. The zero-order chi connectivity index (χ0) is 14.3. The van der Waals surface area contributed by atoms with Gasteiger partial charge in [0, 0.05) is 19.7 Å². The Hall–Kier alpha value is -1.59. The first-order valence-electron chi connectivity index (χ1n) is 6.25. The molecular formula is C14H22N2O3. The smallest absolute Gasteiger partial charge is 0.255 e. The third-order valence-electron chi connectivity index (χ3n) is 2.78. The molecule has 0 radical (unpaired) electrons. The van der Waals surface area contributed by atoms with E-state index in [0.717, 1.165) is 5.56 Å². The Morgan fingerprint density at radius 1 is 1.42 bits per heavy atom. The van der Waals surface area contributed by atoms with E-state index < -0.39 is 0 Å². The van der Waals surface area contributed by atoms with Crippen LogP contribution in [0.3, 0.4) is 0 Å². The fourth-order valence-corrected chi connectivity index (χ4v) is 1.76. The number of hydrogen-bond acceptors (Lipinski definition) is 4. The van der Waals surface area contributed by atoms with Crippen molar-refractivity contribution in [3.63, 3.8) is 0 Å². The Bertz CT molecular complexity index is 421. The van der Waals surface area contributed by atoms with Gasteiger partial charge < -0.3 is 20.5 Å². The van der Waals surface area contributed by atoms with Crippen molar-refractivity contribution in [2.24, 2.45) is 5.73 Å². The number of rotatable bonds is 7. The molecule has 1 aromatic rings. The number of aryl methyl sites for hydroxylation is 1. The van der Waals surface area contributed by atoms with Crippen molar-refractivity contribution in [3.05, 3.63) is 29.3 Å². The predicted molar refractivity (Wildman–Crippen MR) is 74.5 cm³/mol. The van der Waals surface area contributed by atoms with Crippen LogP contribution < -0.4 is 15.8 Å². The first-order valence-corrected chi connectivity index (χ1v) is 6.25. The molecule has 0 aliphatic rings. The predicted octanol–water partition coefficient (Wildman–Crippen LogP) is 1.10. The van der Waals surface area contributed by atoms with E-state index in [1.54, 1.807) is 20.3 Å². The van der Waals surface area contributed by atoms with E-state index in [4.69, 9.17) is 15.2 Å². The first-order chi connectivity index (χ1) is 9.08. The molecular weight excluding hydrogens is 244 g/mol. The molecule has 0 aliphatic heterocycles. The van der Waals surface area contributed by atoms with Gasteiger partial charge in [0.1, 0.15) is 5.75 Å². The van der Waals surface area contributed by atoms with Gasteiger partial charge in [-0.15, -0.1) is 0 Å². The molecule has 1 atom stereocenters. The number of benzene rings is 1. The Kier molecular flexibility index (Phi) is 6.32. The number of amides is 1. The van der Waals surface area contributed by atoms with E-state index in [1.807, 2.05) is 19.1 Å². The third-order valence-corrected chi connectivity index (χ3v) is 2.78. The monoisotopic (exact) mass is 266 g/mol. The summed E-state index contributed by atoms with van der Waals surface area (Å²) in [4.78, 5) is 12.1. The maximum Gasteiger partial charge on any atom is 0.255 e. The largest absolute Gasteiger partial charge is 0.496 e. The second kappa shape index (κ2) is 7.76. The Morgan fingerprint density at radius 2 is 2.16 bits per heavy atom. The van der Waals surface area contributed by atoms with E-state index in [1.165, 1.54) is 0 Å². The maximum atomic E-state index is 12.1. The van der Waals surface area contributed by atoms with Crippen LogP contribution in [-0.2, 0) is 4.74 Å². The Morgan fingerprint density at radius 3 is 2.79 bits per heavy atom. The minimum atomic E-state index is -0.148. The molecule has 1 unspecified atom stereocenters. The first kappa shape index (κ1) is 15.5. The average molecular weight is 266 g/mol. The summed E-state index contributed by atoms with van der Waals surface area (Å²) < 4.78 is 10.1. The lowest BCUT2D eigenvalue weighted by Gasteiger charge is -2.12. The van der Waals surface area contributed by atoms with Gasteiger partial charge in [0.05, 0.1) is 19.3 Å². The van der Waals surface area contributed by atoms with Crippen LogP contribution in [0.25, 0.3) is 0 Å². The average Bonchev–Trinajstić information content (AvgIpc) is 2.38. The second-order valence-corrected chi connectivity index (χ2v) is 4.46. The molecule has 1 rings (SSSR count). The van der Waals surface area contributed by atoms with E-state index in [2.05, 4.69) is 5.32 Å². The lowest BCUT2D eigenvalue weighted by molar-refractivity contribution is 0.0947. The molecule has 0 heterocycles. The Labute approximate surface area is 114 Å². The van der Waals surface area contributed by atoms with Crippen LogP contribution in [0.2, 0.25) is 0 Å². The van der Waals surface area contributed by atoms with Crippen LogP contribution in [0, 0.1) is 6.92 Å². The van der Waals surface area contributed by atoms with Gasteiger partial charge in [0.2, 0.25) is 0 Å². The second-order valence-electron chi connectivity index (χ2n) is 4.46. The van der Waals surface area contributed by atoms with Crippen molar-refractivity contribution < 1.29 is 14.3 Å². The van der Waals surface area contributed by atoms with E-state index >= 15 is 0 Å². The van der Waals surface area contributed by atoms with Gasteiger partial charge in [-0.25, -0.2) is 0 Å². The topological polar surface area (TPSA) is 73.6 Å². The number of carbonyl (C=O) groups excluding carboxylic acids is 1. The number of nitrogens with one attached hydrogen (secondary N) is 1. The standard InChI is InChI=1S/C14H22N2O3/c1-10-4-5-13(19-3)12(8-10)14(17)16-7-6-11(15)9-18-2/h4-5,8,11H,6-7,9,15H2,1-3H3,(H,16,17). The lowest BCUT2D eigenvalue weighted by atomic mass is 10.1. The summed E-state index contributed by atoms with van der Waals surface area (Å²) in [6, 6.07) is 5.44. The fourth-order valence-electron chi connectivity index (χ4n) is 1.76. The van der Waals surface area contributed by atoms with Crippen LogP contribution in [0.4, 0.5) is 0 Å². The number of nitrogens with two attached hydrogens (primary N) is 1. The van der Waals surface area contributed by atoms with Gasteiger partial charge in [-0.2, -0.15) is 0 Å². The summed E-state index contributed by atoms with van der Waals surface area (Å²) in [6.45, 7) is 2.94. The zero-order valence-electron chi connectivity index (χ0n) is 11.7. The van der Waals surface area contributed by atoms with E-state index in [0.29, 0.717) is 30.9 Å². The number of hydrogen-bond donors (Lipinski definition) is 2. The van der Waals surface area contributed by atoms with Gasteiger partial charge in [-0.05, 0) is 25.5 Å². The highest BCUT2D eigenvalue weighted by atomic mass is 16.5. The van der Waals surface area contributed by atoms with Crippen LogP contribution in [0.15, 0.2) is 18.2 Å². The zero-order valence-corrected chi connectivity index (χ0v) is 11.7. The molecule has 0 saturated heterocycles. The summed E-state index contributed by atoms with van der Waals surface area (Å²) >= 11 is 0. The molecule has 3 N–H and O–H groups in total. The van der Waals surface area contributed by atoms with Gasteiger partial charge in [0.15, 0.2) is 0 Å². The molecule has 0 aromatic heterocycles. The SMILES string of the molecule is COCC(N)CCNC(=O)c1cc(C)ccc1OC. The van der Waals surface area contributed by atoms with Gasteiger partial charge in [0.25, 0.3) is 5.91 Å². The number of ether oxygens (including phenoxy) is 2. The van der Waals surface area contributed by atoms with Crippen LogP contribution in [0.5, 0.6) is 5.75 Å². The minimum absolute atomic E-state index is 0.0651. The minimum Gasteiger partial charge on any atom is -0.496 e. The summed E-state index contributed by atoms with van der Waals surface area (Å²) in [5.74, 6) is 0.425. The molecule has 106 valence electrons. The highest BCUT2D eigenvalue weighted by molar-refractivity contribution is 5.97. The van der Waals surface area contributed by atoms with Crippen molar-refractivity contribution in [3.8, 4) is 5.75 Å². The van der Waals surface area contributed by atoms with Crippen LogP contribution in [-0.4, -0.2) is 39.3 Å². The van der Waals surface area contributed by atoms with Gasteiger partial charge in [-0.1, -0.05) is 11.6 Å². The highest BCUT2D eigenvalue weighted by Gasteiger charge is 2.12. The molecule has 0 bridgehead atoms. The molecule has 0 saturated carbocycles. The van der Waals surface area contributed by atoms with Gasteiger partial charge >= 0.3 is 0 Å². The van der Waals surface area contributed by atoms with Crippen molar-refractivity contribution >= 4 is 5.91 Å². The van der Waals surface area contributed by atoms with E-state index in [9.17, 15) is 4.79 Å². The fraction of sp³-hybridized carbons (Fsp3) is 0.500. The quantitative estimate of drug-likeness (QED) is 0.775.